The molecule has 0 heterocycles. The number of carbonyl (C=O) groups is 1. The Balaban J connectivity index is 2.93. The Kier molecular flexibility index (Phi) is 7.64. The standard InChI is InChI=1S/C15H22Cl2N2O3S/c1-4-5-10-18(2)14(20)9-11-19(23(3,21)22)15-12(16)7-6-8-13(15)17/h6-8H,4-5,9-11H2,1-3H3. The number of carbonyl (C=O) groups excluding carboxylic acids is 1. The molecule has 1 aromatic rings. The molecule has 0 fully saturated rings. The number of hydrogen-bond donors (Lipinski definition) is 0. The van der Waals surface area contributed by atoms with Gasteiger partial charge in [-0.1, -0.05) is 42.6 Å². The van der Waals surface area contributed by atoms with Crippen LogP contribution in [0.15, 0.2) is 18.2 Å². The minimum Gasteiger partial charge on any atom is -0.346 e. The van der Waals surface area contributed by atoms with E-state index in [9.17, 15) is 13.2 Å². The summed E-state index contributed by atoms with van der Waals surface area (Å²) in [7, 11) is -1.89. The Bertz CT molecular complexity index is 630. The van der Waals surface area contributed by atoms with E-state index < -0.39 is 10.0 Å². The highest BCUT2D eigenvalue weighted by atomic mass is 35.5. The zero-order valence-corrected chi connectivity index (χ0v) is 15.9. The summed E-state index contributed by atoms with van der Waals surface area (Å²) in [4.78, 5) is 13.7. The lowest BCUT2D eigenvalue weighted by Crippen LogP contribution is -2.36. The molecule has 1 aromatic carbocycles. The molecular weight excluding hydrogens is 359 g/mol. The van der Waals surface area contributed by atoms with Crippen molar-refractivity contribution in [2.24, 2.45) is 0 Å². The van der Waals surface area contributed by atoms with Crippen LogP contribution in [0.2, 0.25) is 10.0 Å². The van der Waals surface area contributed by atoms with Crippen molar-refractivity contribution in [3.05, 3.63) is 28.2 Å². The number of rotatable bonds is 8. The second-order valence-electron chi connectivity index (χ2n) is 5.32. The molecule has 5 nitrogen and oxygen atoms in total. The molecule has 0 aliphatic rings. The monoisotopic (exact) mass is 380 g/mol. The normalized spacial score (nSPS) is 11.3. The number of hydrogen-bond acceptors (Lipinski definition) is 3. The van der Waals surface area contributed by atoms with Gasteiger partial charge in [-0.05, 0) is 18.6 Å². The molecule has 0 radical (unpaired) electrons. The van der Waals surface area contributed by atoms with Crippen molar-refractivity contribution in [2.45, 2.75) is 26.2 Å². The highest BCUT2D eigenvalue weighted by molar-refractivity contribution is 7.92. The molecule has 0 aromatic heterocycles. The first kappa shape index (κ1) is 20.1. The smallest absolute Gasteiger partial charge is 0.232 e. The maximum atomic E-state index is 12.1. The fraction of sp³-hybridized carbons (Fsp3) is 0.533. The van der Waals surface area contributed by atoms with Gasteiger partial charge >= 0.3 is 0 Å². The molecule has 0 saturated heterocycles. The molecule has 0 N–H and O–H groups in total. The maximum Gasteiger partial charge on any atom is 0.232 e. The summed E-state index contributed by atoms with van der Waals surface area (Å²) < 4.78 is 25.2. The number of para-hydroxylation sites is 1. The lowest BCUT2D eigenvalue weighted by molar-refractivity contribution is -0.129. The summed E-state index contributed by atoms with van der Waals surface area (Å²) in [6, 6.07) is 4.77. The van der Waals surface area contributed by atoms with Crippen molar-refractivity contribution in [3.8, 4) is 0 Å². The van der Waals surface area contributed by atoms with Crippen LogP contribution < -0.4 is 4.31 Å². The Hall–Kier alpha value is -0.980. The SMILES string of the molecule is CCCCN(C)C(=O)CCN(c1c(Cl)cccc1Cl)S(C)(=O)=O. The lowest BCUT2D eigenvalue weighted by Gasteiger charge is -2.25. The van der Waals surface area contributed by atoms with Crippen molar-refractivity contribution >= 4 is 44.8 Å². The number of sulfonamides is 1. The highest BCUT2D eigenvalue weighted by Gasteiger charge is 2.24. The average molecular weight is 381 g/mol. The van der Waals surface area contributed by atoms with E-state index in [0.717, 1.165) is 23.4 Å². The number of unbranched alkanes of at least 4 members (excludes halogenated alkanes) is 1. The Morgan fingerprint density at radius 2 is 1.74 bits per heavy atom. The predicted molar refractivity (Wildman–Crippen MR) is 95.8 cm³/mol. The average Bonchev–Trinajstić information content (AvgIpc) is 2.46. The largest absolute Gasteiger partial charge is 0.346 e. The molecule has 1 amide bonds. The topological polar surface area (TPSA) is 57.7 Å². The number of amides is 1. The number of halogens is 2. The molecule has 0 bridgehead atoms. The highest BCUT2D eigenvalue weighted by Crippen LogP contribution is 2.35. The van der Waals surface area contributed by atoms with Gasteiger partial charge in [-0.15, -0.1) is 0 Å². The van der Waals surface area contributed by atoms with Gasteiger partial charge in [0.2, 0.25) is 15.9 Å². The van der Waals surface area contributed by atoms with E-state index in [1.165, 1.54) is 0 Å². The molecule has 130 valence electrons. The van der Waals surface area contributed by atoms with Crippen LogP contribution in [0.3, 0.4) is 0 Å². The van der Waals surface area contributed by atoms with E-state index in [1.54, 1.807) is 30.1 Å². The Morgan fingerprint density at radius 3 is 2.22 bits per heavy atom. The van der Waals surface area contributed by atoms with Crippen LogP contribution in [0.25, 0.3) is 0 Å². The van der Waals surface area contributed by atoms with Crippen LogP contribution in [-0.4, -0.2) is 45.6 Å². The third kappa shape index (κ3) is 5.86. The van der Waals surface area contributed by atoms with Gasteiger partial charge in [-0.2, -0.15) is 0 Å². The van der Waals surface area contributed by atoms with E-state index in [-0.39, 0.29) is 34.6 Å². The van der Waals surface area contributed by atoms with Crippen LogP contribution >= 0.6 is 23.2 Å². The summed E-state index contributed by atoms with van der Waals surface area (Å²) in [6.45, 7) is 2.70. The van der Waals surface area contributed by atoms with E-state index in [4.69, 9.17) is 23.2 Å². The number of benzene rings is 1. The van der Waals surface area contributed by atoms with Gasteiger partial charge in [0.25, 0.3) is 0 Å². The van der Waals surface area contributed by atoms with Gasteiger partial charge in [0.15, 0.2) is 0 Å². The molecule has 0 atom stereocenters. The summed E-state index contributed by atoms with van der Waals surface area (Å²) >= 11 is 12.2. The first-order valence-electron chi connectivity index (χ1n) is 7.34. The number of nitrogens with zero attached hydrogens (tertiary/aromatic N) is 2. The minimum atomic E-state index is -3.61. The van der Waals surface area contributed by atoms with Crippen LogP contribution in [0.5, 0.6) is 0 Å². The second kappa shape index (κ2) is 8.76. The fourth-order valence-electron chi connectivity index (χ4n) is 2.08. The van der Waals surface area contributed by atoms with E-state index in [1.807, 2.05) is 6.92 Å². The number of anilines is 1. The van der Waals surface area contributed by atoms with Crippen LogP contribution in [0, 0.1) is 0 Å². The molecule has 0 saturated carbocycles. The first-order valence-corrected chi connectivity index (χ1v) is 9.94. The van der Waals surface area contributed by atoms with Crippen molar-refractivity contribution in [1.29, 1.82) is 0 Å². The van der Waals surface area contributed by atoms with Crippen molar-refractivity contribution in [3.63, 3.8) is 0 Å². The van der Waals surface area contributed by atoms with Gasteiger partial charge in [-0.25, -0.2) is 8.42 Å². The molecular formula is C15H22Cl2N2O3S. The second-order valence-corrected chi connectivity index (χ2v) is 8.05. The molecule has 0 aliphatic heterocycles. The first-order chi connectivity index (χ1) is 10.7. The van der Waals surface area contributed by atoms with E-state index >= 15 is 0 Å². The van der Waals surface area contributed by atoms with Gasteiger partial charge in [0.1, 0.15) is 0 Å². The van der Waals surface area contributed by atoms with Crippen LogP contribution in [0.1, 0.15) is 26.2 Å². The lowest BCUT2D eigenvalue weighted by atomic mass is 10.3. The van der Waals surface area contributed by atoms with Crippen molar-refractivity contribution in [2.75, 3.05) is 30.7 Å². The van der Waals surface area contributed by atoms with Crippen LogP contribution in [0.4, 0.5) is 5.69 Å². The maximum absolute atomic E-state index is 12.1. The molecule has 23 heavy (non-hydrogen) atoms. The Morgan fingerprint density at radius 1 is 1.17 bits per heavy atom. The van der Waals surface area contributed by atoms with Gasteiger partial charge in [-0.3, -0.25) is 9.10 Å². The van der Waals surface area contributed by atoms with Gasteiger partial charge in [0.05, 0.1) is 22.0 Å². The van der Waals surface area contributed by atoms with E-state index in [2.05, 4.69) is 0 Å². The summed E-state index contributed by atoms with van der Waals surface area (Å²) in [6.07, 6.45) is 3.03. The van der Waals surface area contributed by atoms with Gasteiger partial charge in [0, 0.05) is 26.6 Å². The minimum absolute atomic E-state index is 0.00240. The predicted octanol–water partition coefficient (Wildman–Crippen LogP) is 3.41. The molecule has 0 aliphatic carbocycles. The molecule has 1 rings (SSSR count). The summed E-state index contributed by atoms with van der Waals surface area (Å²) in [5, 5.41) is 0.462. The molecule has 0 unspecified atom stereocenters. The van der Waals surface area contributed by atoms with Crippen LogP contribution in [-0.2, 0) is 14.8 Å². The van der Waals surface area contributed by atoms with Gasteiger partial charge < -0.3 is 4.90 Å². The Labute approximate surface area is 148 Å². The summed E-state index contributed by atoms with van der Waals surface area (Å²) in [5.41, 5.74) is 0.211. The van der Waals surface area contributed by atoms with Crippen molar-refractivity contribution in [1.82, 2.24) is 4.90 Å². The van der Waals surface area contributed by atoms with Crippen molar-refractivity contribution < 1.29 is 13.2 Å². The zero-order chi connectivity index (χ0) is 17.6. The fourth-order valence-corrected chi connectivity index (χ4v) is 3.73. The molecule has 0 spiro atoms. The zero-order valence-electron chi connectivity index (χ0n) is 13.6. The molecule has 8 heteroatoms. The van der Waals surface area contributed by atoms with E-state index in [0.29, 0.717) is 6.54 Å². The summed E-state index contributed by atoms with van der Waals surface area (Å²) in [5.74, 6) is -0.115. The quantitative estimate of drug-likeness (QED) is 0.694. The third-order valence-electron chi connectivity index (χ3n) is 3.39. The third-order valence-corrected chi connectivity index (χ3v) is 5.16.